The van der Waals surface area contributed by atoms with Crippen molar-refractivity contribution in [3.63, 3.8) is 0 Å². The Bertz CT molecular complexity index is 492. The topological polar surface area (TPSA) is 32.7 Å². The van der Waals surface area contributed by atoms with Crippen LogP contribution in [0.2, 0.25) is 0 Å². The summed E-state index contributed by atoms with van der Waals surface area (Å²) in [5, 5.41) is 10.9. The Morgan fingerprint density at radius 3 is 2.71 bits per heavy atom. The number of methoxy groups -OCH3 is 1. The van der Waals surface area contributed by atoms with Gasteiger partial charge in [-0.3, -0.25) is 0 Å². The van der Waals surface area contributed by atoms with Crippen LogP contribution in [0.1, 0.15) is 44.3 Å². The van der Waals surface area contributed by atoms with Gasteiger partial charge in [-0.1, -0.05) is 31.9 Å². The minimum absolute atomic E-state index is 0.185. The molecule has 1 saturated carbocycles. The summed E-state index contributed by atoms with van der Waals surface area (Å²) in [5.74, 6) is 0.265. The van der Waals surface area contributed by atoms with Crippen LogP contribution in [0.3, 0.4) is 0 Å². The maximum atomic E-state index is 14.5. The lowest BCUT2D eigenvalue weighted by Gasteiger charge is -2.48. The summed E-state index contributed by atoms with van der Waals surface area (Å²) in [4.78, 5) is 2.06. The molecule has 0 aromatic heterocycles. The molecule has 0 radical (unpaired) electrons. The van der Waals surface area contributed by atoms with Crippen LogP contribution in [0.25, 0.3) is 0 Å². The summed E-state index contributed by atoms with van der Waals surface area (Å²) in [5.41, 5.74) is -0.0811. The lowest BCUT2D eigenvalue weighted by atomic mass is 9.70. The lowest BCUT2D eigenvalue weighted by molar-refractivity contribution is -0.0467. The maximum absolute atomic E-state index is 14.5. The number of hydrogen-bond donors (Lipinski definition) is 1. The van der Waals surface area contributed by atoms with Crippen molar-refractivity contribution in [2.75, 3.05) is 21.2 Å². The molecule has 0 amide bonds. The van der Waals surface area contributed by atoms with Gasteiger partial charge < -0.3 is 14.7 Å². The van der Waals surface area contributed by atoms with Gasteiger partial charge in [-0.05, 0) is 38.9 Å². The first kappa shape index (κ1) is 16.2. The van der Waals surface area contributed by atoms with Gasteiger partial charge in [0.1, 0.15) is 6.10 Å². The molecule has 118 valence electrons. The number of likely N-dealkylation sites (N-methyl/N-ethyl adjacent to an activating group) is 1. The van der Waals surface area contributed by atoms with Crippen molar-refractivity contribution in [2.45, 2.75) is 44.2 Å². The summed E-state index contributed by atoms with van der Waals surface area (Å²) in [7, 11) is 5.39. The molecular weight excluding hydrogens is 269 g/mol. The smallest absolute Gasteiger partial charge is 0.170 e. The Balaban J connectivity index is 2.42. The van der Waals surface area contributed by atoms with E-state index in [0.29, 0.717) is 11.5 Å². The van der Waals surface area contributed by atoms with Crippen LogP contribution in [0.5, 0.6) is 5.75 Å². The maximum Gasteiger partial charge on any atom is 0.170 e. The Labute approximate surface area is 126 Å². The number of ether oxygens (including phenoxy) is 1. The van der Waals surface area contributed by atoms with Gasteiger partial charge in [-0.25, -0.2) is 4.39 Å². The van der Waals surface area contributed by atoms with Crippen molar-refractivity contribution in [3.05, 3.63) is 29.6 Å². The zero-order valence-electron chi connectivity index (χ0n) is 13.4. The Morgan fingerprint density at radius 1 is 1.43 bits per heavy atom. The molecule has 0 bridgehead atoms. The molecule has 3 atom stereocenters. The molecule has 1 aliphatic rings. The number of aliphatic hydroxyl groups is 1. The molecular formula is C17H26FNO2. The van der Waals surface area contributed by atoms with Crippen LogP contribution in [-0.4, -0.2) is 36.8 Å². The van der Waals surface area contributed by atoms with E-state index in [2.05, 4.69) is 11.8 Å². The minimum Gasteiger partial charge on any atom is -0.494 e. The van der Waals surface area contributed by atoms with E-state index in [9.17, 15) is 9.50 Å². The zero-order chi connectivity index (χ0) is 15.6. The highest BCUT2D eigenvalue weighted by molar-refractivity contribution is 5.34. The van der Waals surface area contributed by atoms with E-state index in [-0.39, 0.29) is 5.75 Å². The fraction of sp³-hybridized carbons (Fsp3) is 0.647. The molecule has 1 aromatic rings. The molecule has 1 aliphatic carbocycles. The number of benzene rings is 1. The van der Waals surface area contributed by atoms with E-state index in [1.807, 2.05) is 14.1 Å². The number of halogens is 1. The molecule has 3 nitrogen and oxygen atoms in total. The quantitative estimate of drug-likeness (QED) is 0.924. The van der Waals surface area contributed by atoms with Crippen molar-refractivity contribution in [1.29, 1.82) is 0 Å². The third-order valence-corrected chi connectivity index (χ3v) is 4.92. The van der Waals surface area contributed by atoms with Crippen LogP contribution in [0, 0.1) is 11.7 Å². The number of hydrogen-bond acceptors (Lipinski definition) is 3. The van der Waals surface area contributed by atoms with E-state index in [0.717, 1.165) is 19.3 Å². The van der Waals surface area contributed by atoms with Crippen molar-refractivity contribution in [3.8, 4) is 5.75 Å². The Hall–Kier alpha value is -1.13. The first-order valence-corrected chi connectivity index (χ1v) is 7.60. The van der Waals surface area contributed by atoms with E-state index < -0.39 is 17.5 Å². The molecule has 21 heavy (non-hydrogen) atoms. The molecule has 1 fully saturated rings. The highest BCUT2D eigenvalue weighted by Gasteiger charge is 2.44. The Kier molecular flexibility index (Phi) is 4.89. The van der Waals surface area contributed by atoms with Crippen LogP contribution in [0.4, 0.5) is 4.39 Å². The lowest BCUT2D eigenvalue weighted by Crippen LogP contribution is -2.52. The van der Waals surface area contributed by atoms with Gasteiger partial charge in [0.05, 0.1) is 12.6 Å². The van der Waals surface area contributed by atoms with Crippen molar-refractivity contribution in [1.82, 2.24) is 4.90 Å². The normalized spacial score (nSPS) is 27.7. The summed E-state index contributed by atoms with van der Waals surface area (Å²) in [6.45, 7) is 2.20. The summed E-state index contributed by atoms with van der Waals surface area (Å²) in [6, 6.07) is 4.97. The van der Waals surface area contributed by atoms with Gasteiger partial charge in [0, 0.05) is 5.56 Å². The van der Waals surface area contributed by atoms with Gasteiger partial charge in [0.25, 0.3) is 0 Å². The second-order valence-corrected chi connectivity index (χ2v) is 6.47. The third-order valence-electron chi connectivity index (χ3n) is 4.92. The van der Waals surface area contributed by atoms with Crippen LogP contribution < -0.4 is 4.74 Å². The molecule has 0 heterocycles. The summed E-state index contributed by atoms with van der Waals surface area (Å²) >= 11 is 0. The second-order valence-electron chi connectivity index (χ2n) is 6.47. The molecule has 4 heteroatoms. The first-order valence-electron chi connectivity index (χ1n) is 7.60. The largest absolute Gasteiger partial charge is 0.494 e. The molecule has 2 rings (SSSR count). The molecule has 3 unspecified atom stereocenters. The second kappa shape index (κ2) is 6.32. The fourth-order valence-corrected chi connectivity index (χ4v) is 3.65. The highest BCUT2D eigenvalue weighted by Crippen LogP contribution is 2.45. The summed E-state index contributed by atoms with van der Waals surface area (Å²) in [6.07, 6.45) is 3.12. The molecule has 1 N–H and O–H groups in total. The Morgan fingerprint density at radius 2 is 2.14 bits per heavy atom. The van der Waals surface area contributed by atoms with Gasteiger partial charge >= 0.3 is 0 Å². The van der Waals surface area contributed by atoms with E-state index in [1.165, 1.54) is 13.5 Å². The monoisotopic (exact) mass is 295 g/mol. The standard InChI is InChI=1S/C17H26FNO2/c1-12-7-6-10-17(11-12,19(2)3)16(20)13-8-5-9-14(21-4)15(13)18/h5,8-9,12,16,20H,6-7,10-11H2,1-4H3. The molecule has 0 aliphatic heterocycles. The van der Waals surface area contributed by atoms with Crippen LogP contribution in [-0.2, 0) is 0 Å². The molecule has 1 aromatic carbocycles. The van der Waals surface area contributed by atoms with Gasteiger partial charge in [-0.2, -0.15) is 0 Å². The predicted octanol–water partition coefficient (Wildman–Crippen LogP) is 3.38. The average Bonchev–Trinajstić information content (AvgIpc) is 2.46. The summed E-state index contributed by atoms with van der Waals surface area (Å²) < 4.78 is 19.5. The van der Waals surface area contributed by atoms with Crippen LogP contribution in [0.15, 0.2) is 18.2 Å². The first-order chi connectivity index (χ1) is 9.92. The van der Waals surface area contributed by atoms with Gasteiger partial charge in [0.15, 0.2) is 11.6 Å². The molecule has 0 saturated heterocycles. The zero-order valence-corrected chi connectivity index (χ0v) is 13.4. The van der Waals surface area contributed by atoms with Crippen molar-refractivity contribution >= 4 is 0 Å². The van der Waals surface area contributed by atoms with E-state index in [1.54, 1.807) is 18.2 Å². The number of nitrogens with zero attached hydrogens (tertiary/aromatic N) is 1. The predicted molar refractivity (Wildman–Crippen MR) is 82.0 cm³/mol. The van der Waals surface area contributed by atoms with Gasteiger partial charge in [-0.15, -0.1) is 0 Å². The van der Waals surface area contributed by atoms with E-state index in [4.69, 9.17) is 4.74 Å². The fourth-order valence-electron chi connectivity index (χ4n) is 3.65. The number of rotatable bonds is 4. The van der Waals surface area contributed by atoms with Crippen LogP contribution >= 0.6 is 0 Å². The van der Waals surface area contributed by atoms with Crippen molar-refractivity contribution in [2.24, 2.45) is 5.92 Å². The van der Waals surface area contributed by atoms with Crippen molar-refractivity contribution < 1.29 is 14.2 Å². The highest BCUT2D eigenvalue weighted by atomic mass is 19.1. The van der Waals surface area contributed by atoms with Gasteiger partial charge in [0.2, 0.25) is 0 Å². The minimum atomic E-state index is -0.856. The molecule has 0 spiro atoms. The van der Waals surface area contributed by atoms with E-state index >= 15 is 0 Å². The average molecular weight is 295 g/mol. The third kappa shape index (κ3) is 2.92. The number of aliphatic hydroxyl groups excluding tert-OH is 1. The SMILES string of the molecule is COc1cccc(C(O)C2(N(C)C)CCCC(C)C2)c1F.